The molecule has 1 aromatic carbocycles. The van der Waals surface area contributed by atoms with E-state index in [1.54, 1.807) is 13.0 Å². The van der Waals surface area contributed by atoms with Gasteiger partial charge in [-0.3, -0.25) is 4.79 Å². The van der Waals surface area contributed by atoms with Gasteiger partial charge in [0.1, 0.15) is 6.04 Å². The maximum absolute atomic E-state index is 11.4. The number of carbonyl (C=O) groups excluding carboxylic acids is 1. The zero-order valence-corrected chi connectivity index (χ0v) is 11.0. The van der Waals surface area contributed by atoms with E-state index in [0.717, 1.165) is 30.6 Å². The first-order valence-electron chi connectivity index (χ1n) is 6.04. The van der Waals surface area contributed by atoms with Crippen molar-refractivity contribution >= 4 is 23.2 Å². The van der Waals surface area contributed by atoms with E-state index >= 15 is 0 Å². The number of benzene rings is 1. The average Bonchev–Trinajstić information content (AvgIpc) is 2.77. The number of hydrogen-bond donors (Lipinski definition) is 2. The summed E-state index contributed by atoms with van der Waals surface area (Å²) < 4.78 is 0. The van der Waals surface area contributed by atoms with Gasteiger partial charge in [-0.15, -0.1) is 0 Å². The fraction of sp³-hybridized carbons (Fsp3) is 0.462. The number of halogens is 1. The minimum absolute atomic E-state index is 0.278. The molecule has 1 saturated heterocycles. The number of rotatable bonds is 3. The third-order valence-corrected chi connectivity index (χ3v) is 3.65. The molecule has 0 aliphatic carbocycles. The van der Waals surface area contributed by atoms with E-state index in [1.807, 2.05) is 17.0 Å². The van der Waals surface area contributed by atoms with E-state index in [9.17, 15) is 9.90 Å². The highest BCUT2D eigenvalue weighted by Crippen LogP contribution is 2.33. The van der Waals surface area contributed by atoms with Gasteiger partial charge in [0.05, 0.1) is 16.8 Å². The Morgan fingerprint density at radius 2 is 2.33 bits per heavy atom. The lowest BCUT2D eigenvalue weighted by atomic mass is 10.1. The molecule has 0 bridgehead atoms. The fourth-order valence-corrected chi connectivity index (χ4v) is 2.66. The molecule has 1 aromatic rings. The van der Waals surface area contributed by atoms with Gasteiger partial charge in [-0.25, -0.2) is 0 Å². The van der Waals surface area contributed by atoms with Crippen molar-refractivity contribution in [1.82, 2.24) is 0 Å². The second-order valence-electron chi connectivity index (χ2n) is 4.64. The van der Waals surface area contributed by atoms with Crippen LogP contribution in [0.1, 0.15) is 31.4 Å². The van der Waals surface area contributed by atoms with Crippen LogP contribution < -0.4 is 10.6 Å². The van der Waals surface area contributed by atoms with Gasteiger partial charge in [-0.05, 0) is 37.5 Å². The summed E-state index contributed by atoms with van der Waals surface area (Å²) in [6.45, 7) is 2.47. The second-order valence-corrected chi connectivity index (χ2v) is 5.05. The summed E-state index contributed by atoms with van der Waals surface area (Å²) in [6, 6.07) is 5.12. The number of anilines is 1. The van der Waals surface area contributed by atoms with E-state index in [1.165, 1.54) is 0 Å². The Bertz CT molecular complexity index is 462. The van der Waals surface area contributed by atoms with Crippen LogP contribution in [0.25, 0.3) is 0 Å². The Labute approximate surface area is 111 Å². The van der Waals surface area contributed by atoms with Crippen LogP contribution in [0.3, 0.4) is 0 Å². The Morgan fingerprint density at radius 1 is 1.61 bits per heavy atom. The summed E-state index contributed by atoms with van der Waals surface area (Å²) in [6.07, 6.45) is 1.15. The van der Waals surface area contributed by atoms with E-state index in [2.05, 4.69) is 0 Å². The van der Waals surface area contributed by atoms with Crippen LogP contribution in [-0.2, 0) is 4.79 Å². The van der Waals surface area contributed by atoms with Gasteiger partial charge in [0.15, 0.2) is 0 Å². The van der Waals surface area contributed by atoms with Gasteiger partial charge < -0.3 is 15.7 Å². The summed E-state index contributed by atoms with van der Waals surface area (Å²) in [5, 5.41) is 10.0. The topological polar surface area (TPSA) is 66.6 Å². The van der Waals surface area contributed by atoms with Crippen molar-refractivity contribution in [3.63, 3.8) is 0 Å². The summed E-state index contributed by atoms with van der Waals surface area (Å²) in [4.78, 5) is 13.3. The number of primary amides is 1. The number of nitrogens with zero attached hydrogens (tertiary/aromatic N) is 1. The Morgan fingerprint density at radius 3 is 2.89 bits per heavy atom. The minimum Gasteiger partial charge on any atom is -0.389 e. The quantitative estimate of drug-likeness (QED) is 0.879. The summed E-state index contributed by atoms with van der Waals surface area (Å²) in [7, 11) is 0. The van der Waals surface area contributed by atoms with Gasteiger partial charge in [0.2, 0.25) is 5.91 Å². The number of aliphatic hydroxyl groups is 1. The summed E-state index contributed by atoms with van der Waals surface area (Å²) in [5.74, 6) is -0.317. The first-order valence-corrected chi connectivity index (χ1v) is 6.42. The van der Waals surface area contributed by atoms with Crippen LogP contribution in [0.4, 0.5) is 5.69 Å². The van der Waals surface area contributed by atoms with Crippen LogP contribution in [0.15, 0.2) is 18.2 Å². The van der Waals surface area contributed by atoms with Crippen LogP contribution in [0.5, 0.6) is 0 Å². The molecule has 2 unspecified atom stereocenters. The first kappa shape index (κ1) is 13.2. The smallest absolute Gasteiger partial charge is 0.240 e. The van der Waals surface area contributed by atoms with Crippen LogP contribution >= 0.6 is 11.6 Å². The Balaban J connectivity index is 2.31. The van der Waals surface area contributed by atoms with Gasteiger partial charge in [0.25, 0.3) is 0 Å². The molecule has 4 nitrogen and oxygen atoms in total. The molecular formula is C13H17ClN2O2. The average molecular weight is 269 g/mol. The maximum Gasteiger partial charge on any atom is 0.240 e. The summed E-state index contributed by atoms with van der Waals surface area (Å²) >= 11 is 6.22. The van der Waals surface area contributed by atoms with Crippen molar-refractivity contribution in [2.45, 2.75) is 31.9 Å². The molecule has 2 rings (SSSR count). The molecule has 1 fully saturated rings. The first-order chi connectivity index (χ1) is 8.50. The van der Waals surface area contributed by atoms with Crippen LogP contribution in [0, 0.1) is 0 Å². The highest BCUT2D eigenvalue weighted by atomic mass is 35.5. The van der Waals surface area contributed by atoms with E-state index < -0.39 is 6.10 Å². The van der Waals surface area contributed by atoms with E-state index in [-0.39, 0.29) is 11.9 Å². The van der Waals surface area contributed by atoms with Crippen molar-refractivity contribution in [3.8, 4) is 0 Å². The number of carbonyl (C=O) groups is 1. The Hall–Kier alpha value is -1.26. The molecule has 3 N–H and O–H groups in total. The highest BCUT2D eigenvalue weighted by Gasteiger charge is 2.30. The van der Waals surface area contributed by atoms with E-state index in [4.69, 9.17) is 17.3 Å². The zero-order chi connectivity index (χ0) is 13.3. The molecule has 1 heterocycles. The predicted octanol–water partition coefficient (Wildman–Crippen LogP) is 1.85. The van der Waals surface area contributed by atoms with Gasteiger partial charge in [0, 0.05) is 6.54 Å². The largest absolute Gasteiger partial charge is 0.389 e. The molecule has 2 atom stereocenters. The second kappa shape index (κ2) is 5.16. The van der Waals surface area contributed by atoms with Gasteiger partial charge in [-0.2, -0.15) is 0 Å². The lowest BCUT2D eigenvalue weighted by Crippen LogP contribution is -2.40. The Kier molecular flexibility index (Phi) is 3.78. The van der Waals surface area contributed by atoms with Gasteiger partial charge >= 0.3 is 0 Å². The normalized spacial score (nSPS) is 21.1. The molecule has 18 heavy (non-hydrogen) atoms. The minimum atomic E-state index is -0.554. The molecule has 98 valence electrons. The molecule has 1 amide bonds. The number of hydrogen-bond acceptors (Lipinski definition) is 3. The van der Waals surface area contributed by atoms with Crippen LogP contribution in [-0.4, -0.2) is 23.6 Å². The number of amides is 1. The predicted molar refractivity (Wildman–Crippen MR) is 71.6 cm³/mol. The molecule has 0 saturated carbocycles. The highest BCUT2D eigenvalue weighted by molar-refractivity contribution is 6.33. The van der Waals surface area contributed by atoms with Crippen molar-refractivity contribution in [2.75, 3.05) is 11.4 Å². The molecule has 1 aliphatic heterocycles. The third-order valence-electron chi connectivity index (χ3n) is 3.34. The monoisotopic (exact) mass is 268 g/mol. The SMILES string of the molecule is CC(O)c1ccc(N2CCCC2C(N)=O)c(Cl)c1. The van der Waals surface area contributed by atoms with Crippen molar-refractivity contribution in [2.24, 2.45) is 5.73 Å². The van der Waals surface area contributed by atoms with Crippen molar-refractivity contribution in [1.29, 1.82) is 0 Å². The molecule has 5 heteroatoms. The maximum atomic E-state index is 11.4. The molecule has 0 spiro atoms. The lowest BCUT2D eigenvalue weighted by Gasteiger charge is -2.25. The van der Waals surface area contributed by atoms with Crippen molar-refractivity contribution in [3.05, 3.63) is 28.8 Å². The molecular weight excluding hydrogens is 252 g/mol. The third kappa shape index (κ3) is 2.44. The molecule has 0 aromatic heterocycles. The standard InChI is InChI=1S/C13H17ClN2O2/c1-8(17)9-4-5-11(10(14)7-9)16-6-2-3-12(16)13(15)18/h4-5,7-8,12,17H,2-3,6H2,1H3,(H2,15,18). The molecule has 1 aliphatic rings. The molecule has 0 radical (unpaired) electrons. The zero-order valence-electron chi connectivity index (χ0n) is 10.3. The van der Waals surface area contributed by atoms with Crippen molar-refractivity contribution < 1.29 is 9.90 Å². The number of nitrogens with two attached hydrogens (primary N) is 1. The number of aliphatic hydroxyl groups excluding tert-OH is 1. The summed E-state index contributed by atoms with van der Waals surface area (Å²) in [5.41, 5.74) is 6.96. The van der Waals surface area contributed by atoms with Gasteiger partial charge in [-0.1, -0.05) is 17.7 Å². The van der Waals surface area contributed by atoms with E-state index in [0.29, 0.717) is 5.02 Å². The van der Waals surface area contributed by atoms with Crippen LogP contribution in [0.2, 0.25) is 5.02 Å². The fourth-order valence-electron chi connectivity index (χ4n) is 2.37. The lowest BCUT2D eigenvalue weighted by molar-refractivity contribution is -0.119.